The highest BCUT2D eigenvalue weighted by molar-refractivity contribution is 5.64. The zero-order chi connectivity index (χ0) is 11.7. The summed E-state index contributed by atoms with van der Waals surface area (Å²) in [6.45, 7) is 1.83. The fourth-order valence-corrected chi connectivity index (χ4v) is 1.48. The molecule has 0 saturated heterocycles. The SMILES string of the molecule is COc1ccc(-n2nc(C)c(N)c2N)cc1. The molecule has 0 aliphatic heterocycles. The van der Waals surface area contributed by atoms with Gasteiger partial charge in [0.2, 0.25) is 0 Å². The van der Waals surface area contributed by atoms with E-state index in [0.29, 0.717) is 11.5 Å². The molecule has 2 aromatic rings. The molecule has 0 saturated carbocycles. The summed E-state index contributed by atoms with van der Waals surface area (Å²) in [5.41, 5.74) is 13.7. The number of benzene rings is 1. The first-order chi connectivity index (χ1) is 7.63. The zero-order valence-corrected chi connectivity index (χ0v) is 9.27. The van der Waals surface area contributed by atoms with E-state index in [1.165, 1.54) is 0 Å². The molecule has 16 heavy (non-hydrogen) atoms. The maximum absolute atomic E-state index is 5.85. The number of hydrogen-bond acceptors (Lipinski definition) is 4. The van der Waals surface area contributed by atoms with Gasteiger partial charge in [0, 0.05) is 0 Å². The Hall–Kier alpha value is -2.17. The lowest BCUT2D eigenvalue weighted by Crippen LogP contribution is -2.02. The van der Waals surface area contributed by atoms with Crippen molar-refractivity contribution in [1.29, 1.82) is 0 Å². The third kappa shape index (κ3) is 1.56. The van der Waals surface area contributed by atoms with E-state index in [0.717, 1.165) is 17.1 Å². The topological polar surface area (TPSA) is 79.1 Å². The monoisotopic (exact) mass is 218 g/mol. The number of hydrogen-bond donors (Lipinski definition) is 2. The second-order valence-corrected chi connectivity index (χ2v) is 3.49. The lowest BCUT2D eigenvalue weighted by molar-refractivity contribution is 0.414. The fraction of sp³-hybridized carbons (Fsp3) is 0.182. The second kappa shape index (κ2) is 3.77. The number of ether oxygens (including phenoxy) is 1. The standard InChI is InChI=1S/C11H14N4O/c1-7-10(12)11(13)15(14-7)8-3-5-9(16-2)6-4-8/h3-6H,12-13H2,1-2H3. The van der Waals surface area contributed by atoms with Crippen LogP contribution in [0.25, 0.3) is 5.69 Å². The van der Waals surface area contributed by atoms with Crippen molar-refractivity contribution in [2.45, 2.75) is 6.92 Å². The Morgan fingerprint density at radius 3 is 2.25 bits per heavy atom. The van der Waals surface area contributed by atoms with E-state index >= 15 is 0 Å². The van der Waals surface area contributed by atoms with Gasteiger partial charge in [-0.25, -0.2) is 4.68 Å². The number of nitrogens with two attached hydrogens (primary N) is 2. The Labute approximate surface area is 93.6 Å². The maximum Gasteiger partial charge on any atom is 0.150 e. The van der Waals surface area contributed by atoms with Gasteiger partial charge in [-0.2, -0.15) is 5.10 Å². The summed E-state index contributed by atoms with van der Waals surface area (Å²) in [6, 6.07) is 7.45. The molecule has 0 atom stereocenters. The van der Waals surface area contributed by atoms with Gasteiger partial charge in [-0.3, -0.25) is 0 Å². The maximum atomic E-state index is 5.85. The quantitative estimate of drug-likeness (QED) is 0.797. The van der Waals surface area contributed by atoms with Crippen molar-refractivity contribution in [2.75, 3.05) is 18.6 Å². The Bertz CT molecular complexity index is 501. The fourth-order valence-electron chi connectivity index (χ4n) is 1.48. The summed E-state index contributed by atoms with van der Waals surface area (Å²) in [4.78, 5) is 0. The molecular formula is C11H14N4O. The van der Waals surface area contributed by atoms with E-state index in [9.17, 15) is 0 Å². The average Bonchev–Trinajstić information content (AvgIpc) is 2.57. The summed E-state index contributed by atoms with van der Waals surface area (Å²) >= 11 is 0. The van der Waals surface area contributed by atoms with Crippen LogP contribution in [0.15, 0.2) is 24.3 Å². The van der Waals surface area contributed by atoms with Gasteiger partial charge in [-0.05, 0) is 31.2 Å². The van der Waals surface area contributed by atoms with E-state index in [4.69, 9.17) is 16.2 Å². The zero-order valence-electron chi connectivity index (χ0n) is 9.27. The van der Waals surface area contributed by atoms with Crippen LogP contribution in [-0.2, 0) is 0 Å². The number of nitrogens with zero attached hydrogens (tertiary/aromatic N) is 2. The van der Waals surface area contributed by atoms with Crippen LogP contribution in [0.2, 0.25) is 0 Å². The minimum Gasteiger partial charge on any atom is -0.497 e. The molecule has 1 aromatic carbocycles. The Morgan fingerprint density at radius 2 is 1.81 bits per heavy atom. The molecule has 0 unspecified atom stereocenters. The summed E-state index contributed by atoms with van der Waals surface area (Å²) in [5, 5.41) is 4.26. The number of nitrogen functional groups attached to an aromatic ring is 2. The number of rotatable bonds is 2. The Kier molecular flexibility index (Phi) is 2.44. The predicted molar refractivity (Wildman–Crippen MR) is 63.7 cm³/mol. The largest absolute Gasteiger partial charge is 0.497 e. The van der Waals surface area contributed by atoms with Gasteiger partial charge in [-0.1, -0.05) is 0 Å². The minimum atomic E-state index is 0.461. The number of methoxy groups -OCH3 is 1. The molecule has 4 N–H and O–H groups in total. The molecule has 0 aliphatic rings. The first-order valence-corrected chi connectivity index (χ1v) is 4.88. The van der Waals surface area contributed by atoms with Crippen LogP contribution in [0, 0.1) is 6.92 Å². The summed E-state index contributed by atoms with van der Waals surface area (Å²) in [6.07, 6.45) is 0. The molecule has 1 heterocycles. The van der Waals surface area contributed by atoms with Crippen molar-refractivity contribution >= 4 is 11.5 Å². The van der Waals surface area contributed by atoms with Gasteiger partial charge in [0.25, 0.3) is 0 Å². The molecule has 1 aromatic heterocycles. The molecule has 0 bridgehead atoms. The molecule has 5 heteroatoms. The van der Waals surface area contributed by atoms with Crippen LogP contribution < -0.4 is 16.2 Å². The molecule has 2 rings (SSSR count). The lowest BCUT2D eigenvalue weighted by atomic mass is 10.3. The van der Waals surface area contributed by atoms with Crippen molar-refractivity contribution in [3.05, 3.63) is 30.0 Å². The van der Waals surface area contributed by atoms with Crippen LogP contribution in [0.1, 0.15) is 5.69 Å². The van der Waals surface area contributed by atoms with Gasteiger partial charge in [0.05, 0.1) is 24.2 Å². The number of aromatic nitrogens is 2. The van der Waals surface area contributed by atoms with Crippen LogP contribution >= 0.6 is 0 Å². The van der Waals surface area contributed by atoms with Gasteiger partial charge >= 0.3 is 0 Å². The third-order valence-corrected chi connectivity index (χ3v) is 2.46. The average molecular weight is 218 g/mol. The van der Waals surface area contributed by atoms with Gasteiger partial charge in [0.15, 0.2) is 5.82 Å². The first-order valence-electron chi connectivity index (χ1n) is 4.88. The van der Waals surface area contributed by atoms with Gasteiger partial charge in [-0.15, -0.1) is 0 Å². The molecule has 0 fully saturated rings. The van der Waals surface area contributed by atoms with E-state index in [1.54, 1.807) is 11.8 Å². The van der Waals surface area contributed by atoms with E-state index in [1.807, 2.05) is 31.2 Å². The minimum absolute atomic E-state index is 0.461. The molecule has 84 valence electrons. The second-order valence-electron chi connectivity index (χ2n) is 3.49. The highest BCUT2D eigenvalue weighted by Crippen LogP contribution is 2.23. The van der Waals surface area contributed by atoms with Crippen molar-refractivity contribution in [1.82, 2.24) is 9.78 Å². The smallest absolute Gasteiger partial charge is 0.150 e. The van der Waals surface area contributed by atoms with Gasteiger partial charge < -0.3 is 16.2 Å². The lowest BCUT2D eigenvalue weighted by Gasteiger charge is -2.05. The van der Waals surface area contributed by atoms with Crippen molar-refractivity contribution in [2.24, 2.45) is 0 Å². The van der Waals surface area contributed by atoms with Crippen molar-refractivity contribution < 1.29 is 4.74 Å². The van der Waals surface area contributed by atoms with E-state index < -0.39 is 0 Å². The Balaban J connectivity index is 2.46. The Morgan fingerprint density at radius 1 is 1.19 bits per heavy atom. The third-order valence-electron chi connectivity index (χ3n) is 2.46. The summed E-state index contributed by atoms with van der Waals surface area (Å²) in [5.74, 6) is 1.25. The molecule has 0 radical (unpaired) electrons. The summed E-state index contributed by atoms with van der Waals surface area (Å²) in [7, 11) is 1.62. The number of aryl methyl sites for hydroxylation is 1. The predicted octanol–water partition coefficient (Wildman–Crippen LogP) is 1.35. The highest BCUT2D eigenvalue weighted by atomic mass is 16.5. The van der Waals surface area contributed by atoms with Gasteiger partial charge in [0.1, 0.15) is 5.75 Å². The van der Waals surface area contributed by atoms with E-state index in [2.05, 4.69) is 5.10 Å². The van der Waals surface area contributed by atoms with Crippen molar-refractivity contribution in [3.8, 4) is 11.4 Å². The first kappa shape index (κ1) is 10.4. The number of anilines is 2. The molecule has 0 spiro atoms. The molecule has 0 aliphatic carbocycles. The van der Waals surface area contributed by atoms with Crippen LogP contribution in [0.4, 0.5) is 11.5 Å². The normalized spacial score (nSPS) is 10.4. The molecule has 5 nitrogen and oxygen atoms in total. The van der Waals surface area contributed by atoms with Crippen LogP contribution in [-0.4, -0.2) is 16.9 Å². The van der Waals surface area contributed by atoms with E-state index in [-0.39, 0.29) is 0 Å². The van der Waals surface area contributed by atoms with Crippen molar-refractivity contribution in [3.63, 3.8) is 0 Å². The molecular weight excluding hydrogens is 204 g/mol. The highest BCUT2D eigenvalue weighted by Gasteiger charge is 2.10. The molecule has 0 amide bonds. The summed E-state index contributed by atoms with van der Waals surface area (Å²) < 4.78 is 6.69. The van der Waals surface area contributed by atoms with Crippen LogP contribution in [0.3, 0.4) is 0 Å². The van der Waals surface area contributed by atoms with Crippen LogP contribution in [0.5, 0.6) is 5.75 Å².